The van der Waals surface area contributed by atoms with Crippen LogP contribution in [0.15, 0.2) is 0 Å². The molecule has 0 aromatic rings. The second-order valence-corrected chi connectivity index (χ2v) is 3.44. The summed E-state index contributed by atoms with van der Waals surface area (Å²) < 4.78 is 6.17. The molecule has 1 heterocycles. The Bertz CT molecular complexity index is 166. The average Bonchev–Trinajstić information content (AvgIpc) is 2.28. The van der Waals surface area contributed by atoms with Crippen molar-refractivity contribution in [3.63, 3.8) is 0 Å². The van der Waals surface area contributed by atoms with E-state index in [9.17, 15) is 4.79 Å². The van der Waals surface area contributed by atoms with E-state index < -0.39 is 6.10 Å². The van der Waals surface area contributed by atoms with Gasteiger partial charge >= 0.3 is 5.97 Å². The van der Waals surface area contributed by atoms with Crippen LogP contribution < -0.4 is 0 Å². The minimum Gasteiger partial charge on any atom is -0.450 e. The van der Waals surface area contributed by atoms with Crippen LogP contribution in [-0.4, -0.2) is 34.4 Å². The normalized spacial score (nSPS) is 32.3. The molecule has 11 heavy (non-hydrogen) atoms. The Hall–Kier alpha value is 0.250. The first-order valence-electron chi connectivity index (χ1n) is 3.25. The Morgan fingerprint density at radius 1 is 1.73 bits per heavy atom. The SMILES string of the molecule is O=C(OP)C1C[C@H](O)CN1P. The first kappa shape index (κ1) is 9.34. The van der Waals surface area contributed by atoms with E-state index in [0.29, 0.717) is 13.0 Å². The fraction of sp³-hybridized carbons (Fsp3) is 0.800. The number of aliphatic hydroxyl groups is 1. The maximum absolute atomic E-state index is 11.0. The Kier molecular flexibility index (Phi) is 3.20. The highest BCUT2D eigenvalue weighted by molar-refractivity contribution is 7.13. The van der Waals surface area contributed by atoms with Gasteiger partial charge in [0.15, 0.2) is 0 Å². The Balaban J connectivity index is 2.52. The number of β-amino-alcohol motifs (C(OH)–C–C–N with tert-alkyl or cyclic N) is 1. The van der Waals surface area contributed by atoms with Gasteiger partial charge in [0, 0.05) is 13.0 Å². The number of rotatable bonds is 1. The molecule has 1 fully saturated rings. The van der Waals surface area contributed by atoms with Gasteiger partial charge in [0.05, 0.1) is 15.6 Å². The van der Waals surface area contributed by atoms with Gasteiger partial charge in [-0.2, -0.15) is 0 Å². The largest absolute Gasteiger partial charge is 0.450 e. The van der Waals surface area contributed by atoms with Crippen molar-refractivity contribution in [3.8, 4) is 0 Å². The van der Waals surface area contributed by atoms with Crippen LogP contribution in [-0.2, 0) is 9.32 Å². The van der Waals surface area contributed by atoms with Crippen molar-refractivity contribution in [3.05, 3.63) is 0 Å². The van der Waals surface area contributed by atoms with E-state index in [-0.39, 0.29) is 12.0 Å². The van der Waals surface area contributed by atoms with Gasteiger partial charge in [-0.15, -0.1) is 0 Å². The summed E-state index contributed by atoms with van der Waals surface area (Å²) in [6.45, 7) is 0.509. The summed E-state index contributed by atoms with van der Waals surface area (Å²) in [5.41, 5.74) is 0. The molecular formula is C5H11NO3P2. The van der Waals surface area contributed by atoms with E-state index in [1.807, 2.05) is 9.47 Å². The van der Waals surface area contributed by atoms with Crippen LogP contribution >= 0.6 is 18.9 Å². The molecule has 3 unspecified atom stereocenters. The molecule has 1 N–H and O–H groups in total. The predicted molar refractivity (Wildman–Crippen MR) is 46.6 cm³/mol. The molecule has 1 aliphatic heterocycles. The van der Waals surface area contributed by atoms with Gasteiger partial charge < -0.3 is 9.63 Å². The van der Waals surface area contributed by atoms with Gasteiger partial charge in [-0.1, -0.05) is 9.39 Å². The highest BCUT2D eigenvalue weighted by Gasteiger charge is 2.34. The zero-order valence-electron chi connectivity index (χ0n) is 5.93. The third kappa shape index (κ3) is 2.09. The van der Waals surface area contributed by atoms with Crippen molar-refractivity contribution in [2.45, 2.75) is 18.6 Å². The lowest BCUT2D eigenvalue weighted by atomic mass is 10.2. The second kappa shape index (κ2) is 3.77. The summed E-state index contributed by atoms with van der Waals surface area (Å²) in [7, 11) is 4.31. The predicted octanol–water partition coefficient (Wildman–Crippen LogP) is -0.455. The summed E-state index contributed by atoms with van der Waals surface area (Å²) in [4.78, 5) is 11.0. The maximum Gasteiger partial charge on any atom is 0.325 e. The molecule has 0 bridgehead atoms. The van der Waals surface area contributed by atoms with Crippen molar-refractivity contribution in [1.82, 2.24) is 4.67 Å². The number of carbonyl (C=O) groups is 1. The highest BCUT2D eigenvalue weighted by atomic mass is 31.0. The van der Waals surface area contributed by atoms with Crippen LogP contribution in [0.5, 0.6) is 0 Å². The minimum atomic E-state index is -0.415. The molecule has 0 saturated carbocycles. The van der Waals surface area contributed by atoms with Crippen LogP contribution in [0, 0.1) is 0 Å². The molecule has 4 atom stereocenters. The zero-order valence-corrected chi connectivity index (χ0v) is 8.24. The van der Waals surface area contributed by atoms with Crippen molar-refractivity contribution >= 4 is 24.8 Å². The van der Waals surface area contributed by atoms with Crippen molar-refractivity contribution in [1.29, 1.82) is 0 Å². The Morgan fingerprint density at radius 3 is 2.73 bits per heavy atom. The Labute approximate surface area is 69.8 Å². The van der Waals surface area contributed by atoms with Gasteiger partial charge in [-0.25, -0.2) is 0 Å². The lowest BCUT2D eigenvalue weighted by Gasteiger charge is -2.14. The summed E-state index contributed by atoms with van der Waals surface area (Å²) in [6, 6.07) is -0.313. The van der Waals surface area contributed by atoms with E-state index >= 15 is 0 Å². The van der Waals surface area contributed by atoms with E-state index in [0.717, 1.165) is 0 Å². The minimum absolute atomic E-state index is 0.313. The van der Waals surface area contributed by atoms with Crippen LogP contribution in [0.3, 0.4) is 0 Å². The number of nitrogens with zero attached hydrogens (tertiary/aromatic N) is 1. The molecule has 0 aromatic carbocycles. The molecule has 0 amide bonds. The molecule has 1 saturated heterocycles. The van der Waals surface area contributed by atoms with Gasteiger partial charge in [-0.05, 0) is 0 Å². The van der Waals surface area contributed by atoms with Gasteiger partial charge in [0.1, 0.15) is 6.04 Å². The molecule has 0 spiro atoms. The fourth-order valence-corrected chi connectivity index (χ4v) is 1.79. The molecule has 1 aliphatic rings. The zero-order chi connectivity index (χ0) is 8.43. The van der Waals surface area contributed by atoms with Gasteiger partial charge in [-0.3, -0.25) is 9.46 Å². The molecule has 64 valence electrons. The summed E-state index contributed by atoms with van der Waals surface area (Å²) in [5, 5.41) is 9.14. The molecule has 4 nitrogen and oxygen atoms in total. The van der Waals surface area contributed by atoms with Crippen molar-refractivity contribution < 1.29 is 14.4 Å². The summed E-state index contributed by atoms with van der Waals surface area (Å²) >= 11 is 0. The van der Waals surface area contributed by atoms with Crippen LogP contribution in [0.4, 0.5) is 0 Å². The molecule has 0 aliphatic carbocycles. The first-order valence-corrected chi connectivity index (χ1v) is 4.24. The van der Waals surface area contributed by atoms with Gasteiger partial charge in [0.2, 0.25) is 0 Å². The summed E-state index contributed by atoms with van der Waals surface area (Å²) in [6.07, 6.45) is 0.0399. The average molecular weight is 195 g/mol. The molecule has 6 heteroatoms. The lowest BCUT2D eigenvalue weighted by molar-refractivity contribution is -0.136. The number of carbonyl (C=O) groups excluding carboxylic acids is 1. The number of aliphatic hydroxyl groups excluding tert-OH is 1. The van der Waals surface area contributed by atoms with E-state index in [4.69, 9.17) is 5.11 Å². The fourth-order valence-electron chi connectivity index (χ4n) is 1.15. The standard InChI is InChI=1S/C5H11NO3P2/c7-3-1-4(5(8)9-11)6(10)2-3/h3-4,7H,1-2,10-11H2/t3-,4?/m0/s1. The quantitative estimate of drug-likeness (QED) is 0.575. The third-order valence-corrected chi connectivity index (χ3v) is 2.51. The smallest absolute Gasteiger partial charge is 0.325 e. The van der Waals surface area contributed by atoms with Crippen LogP contribution in [0.2, 0.25) is 0 Å². The van der Waals surface area contributed by atoms with Crippen molar-refractivity contribution in [2.24, 2.45) is 0 Å². The van der Waals surface area contributed by atoms with E-state index in [1.165, 1.54) is 0 Å². The highest BCUT2D eigenvalue weighted by Crippen LogP contribution is 2.22. The topological polar surface area (TPSA) is 49.8 Å². The number of hydrogen-bond donors (Lipinski definition) is 1. The third-order valence-electron chi connectivity index (χ3n) is 1.71. The van der Waals surface area contributed by atoms with Crippen LogP contribution in [0.1, 0.15) is 6.42 Å². The van der Waals surface area contributed by atoms with E-state index in [1.54, 1.807) is 4.67 Å². The van der Waals surface area contributed by atoms with Gasteiger partial charge in [0.25, 0.3) is 0 Å². The lowest BCUT2D eigenvalue weighted by Crippen LogP contribution is -2.28. The first-order chi connectivity index (χ1) is 5.15. The summed E-state index contributed by atoms with van der Waals surface area (Å²) in [5.74, 6) is -0.318. The maximum atomic E-state index is 11.0. The molecular weight excluding hydrogens is 184 g/mol. The monoisotopic (exact) mass is 195 g/mol. The van der Waals surface area contributed by atoms with E-state index in [2.05, 4.69) is 13.9 Å². The Morgan fingerprint density at radius 2 is 2.36 bits per heavy atom. The van der Waals surface area contributed by atoms with Crippen molar-refractivity contribution in [2.75, 3.05) is 6.54 Å². The van der Waals surface area contributed by atoms with Crippen LogP contribution in [0.25, 0.3) is 0 Å². The molecule has 0 aromatic heterocycles. The molecule has 1 rings (SSSR count). The number of hydrogen-bond acceptors (Lipinski definition) is 4. The second-order valence-electron chi connectivity index (χ2n) is 2.54. The molecule has 0 radical (unpaired) electrons.